The van der Waals surface area contributed by atoms with Crippen LogP contribution >= 0.6 is 11.6 Å². The summed E-state index contributed by atoms with van der Waals surface area (Å²) in [4.78, 5) is 38.4. The van der Waals surface area contributed by atoms with Gasteiger partial charge in [-0.1, -0.05) is 29.8 Å². The van der Waals surface area contributed by atoms with Gasteiger partial charge in [0.1, 0.15) is 5.75 Å². The predicted molar refractivity (Wildman–Crippen MR) is 139 cm³/mol. The number of esters is 1. The number of aryl methyl sites for hydroxylation is 2. The number of methoxy groups -OCH3 is 1. The average molecular weight is 525 g/mol. The molecular weight excluding hydrogens is 492 g/mol. The molecule has 7 nitrogen and oxygen atoms in total. The number of halogens is 1. The van der Waals surface area contributed by atoms with Gasteiger partial charge >= 0.3 is 5.97 Å². The minimum atomic E-state index is -0.615. The van der Waals surface area contributed by atoms with E-state index in [1.165, 1.54) is 36.3 Å². The molecular formula is C29H33ClN2O5. The van der Waals surface area contributed by atoms with Gasteiger partial charge in [0.2, 0.25) is 0 Å². The van der Waals surface area contributed by atoms with Gasteiger partial charge in [-0.15, -0.1) is 0 Å². The molecule has 4 bridgehead atoms. The van der Waals surface area contributed by atoms with Crippen LogP contribution in [0.15, 0.2) is 36.4 Å². The number of amides is 2. The Balaban J connectivity index is 1.22. The van der Waals surface area contributed by atoms with E-state index in [1.807, 2.05) is 0 Å². The number of rotatable bonds is 6. The monoisotopic (exact) mass is 524 g/mol. The molecule has 4 aliphatic carbocycles. The van der Waals surface area contributed by atoms with E-state index in [1.54, 1.807) is 12.1 Å². The average Bonchev–Trinajstić information content (AvgIpc) is 2.86. The number of hydrazine groups is 1. The minimum absolute atomic E-state index is 0.00614. The topological polar surface area (TPSA) is 93.7 Å². The summed E-state index contributed by atoms with van der Waals surface area (Å²) in [5.74, 6) is -0.186. The highest BCUT2D eigenvalue weighted by molar-refractivity contribution is 6.31. The molecule has 2 aromatic carbocycles. The summed E-state index contributed by atoms with van der Waals surface area (Å²) in [6, 6.07) is 11.3. The Morgan fingerprint density at radius 2 is 1.70 bits per heavy atom. The van der Waals surface area contributed by atoms with Crippen molar-refractivity contribution in [2.45, 2.75) is 57.8 Å². The first kappa shape index (κ1) is 25.6. The number of hydrogen-bond donors (Lipinski definition) is 2. The largest absolute Gasteiger partial charge is 0.496 e. The van der Waals surface area contributed by atoms with E-state index in [0.717, 1.165) is 32.1 Å². The van der Waals surface area contributed by atoms with Crippen LogP contribution in [0.1, 0.15) is 65.6 Å². The lowest BCUT2D eigenvalue weighted by atomic mass is 9.43. The van der Waals surface area contributed by atoms with Gasteiger partial charge in [-0.05, 0) is 105 Å². The van der Waals surface area contributed by atoms with Crippen molar-refractivity contribution < 1.29 is 23.9 Å². The maximum atomic E-state index is 13.5. The Labute approximate surface area is 222 Å². The van der Waals surface area contributed by atoms with Gasteiger partial charge in [0.05, 0.1) is 18.1 Å². The van der Waals surface area contributed by atoms with Crippen LogP contribution in [-0.2, 0) is 19.7 Å². The van der Waals surface area contributed by atoms with E-state index in [4.69, 9.17) is 21.1 Å². The summed E-state index contributed by atoms with van der Waals surface area (Å²) in [6.45, 7) is 3.80. The molecule has 8 heteroatoms. The number of carbonyl (C=O) groups excluding carboxylic acids is 3. The molecule has 0 aliphatic heterocycles. The summed E-state index contributed by atoms with van der Waals surface area (Å²) >= 11 is 5.98. The molecule has 2 unspecified atom stereocenters. The molecule has 37 heavy (non-hydrogen) atoms. The smallest absolute Gasteiger partial charge is 0.312 e. The molecule has 4 fully saturated rings. The lowest BCUT2D eigenvalue weighted by Gasteiger charge is -2.61. The Morgan fingerprint density at radius 3 is 2.38 bits per heavy atom. The third kappa shape index (κ3) is 4.81. The van der Waals surface area contributed by atoms with Gasteiger partial charge in [-0.3, -0.25) is 25.2 Å². The van der Waals surface area contributed by atoms with Crippen molar-refractivity contribution in [1.29, 1.82) is 0 Å². The van der Waals surface area contributed by atoms with E-state index >= 15 is 0 Å². The Hall–Kier alpha value is -3.06. The van der Waals surface area contributed by atoms with Crippen LogP contribution in [0.25, 0.3) is 0 Å². The van der Waals surface area contributed by atoms with Crippen molar-refractivity contribution in [3.8, 4) is 5.75 Å². The van der Waals surface area contributed by atoms with Crippen molar-refractivity contribution in [3.63, 3.8) is 0 Å². The van der Waals surface area contributed by atoms with Gasteiger partial charge in [0, 0.05) is 5.02 Å². The van der Waals surface area contributed by atoms with Gasteiger partial charge < -0.3 is 9.47 Å². The summed E-state index contributed by atoms with van der Waals surface area (Å²) < 4.78 is 10.7. The Bertz CT molecular complexity index is 1240. The molecule has 2 aromatic rings. The van der Waals surface area contributed by atoms with E-state index in [0.29, 0.717) is 22.6 Å². The van der Waals surface area contributed by atoms with Crippen LogP contribution in [-0.4, -0.2) is 31.5 Å². The standard InChI is InChI=1S/C29H33ClN2O5/c1-17-4-5-21(8-18(17)2)28-11-19-9-20(12-28)14-29(13-19,16-28)27(35)37-15-25(33)31-32-26(34)23-10-22(30)6-7-24(23)36-3/h4-8,10,19-20H,9,11-16H2,1-3H3,(H,31,33)(H,32,34). The molecule has 4 saturated carbocycles. The van der Waals surface area contributed by atoms with E-state index < -0.39 is 23.8 Å². The second kappa shape index (κ2) is 9.67. The fraction of sp³-hybridized carbons (Fsp3) is 0.483. The zero-order valence-corrected chi connectivity index (χ0v) is 22.2. The summed E-state index contributed by atoms with van der Waals surface area (Å²) in [6.07, 6.45) is 5.80. The lowest BCUT2D eigenvalue weighted by molar-refractivity contribution is -0.175. The Morgan fingerprint density at radius 1 is 0.973 bits per heavy atom. The van der Waals surface area contributed by atoms with Crippen LogP contribution in [0.4, 0.5) is 0 Å². The van der Waals surface area contributed by atoms with Crippen molar-refractivity contribution in [2.24, 2.45) is 17.3 Å². The lowest BCUT2D eigenvalue weighted by Crippen LogP contribution is -2.57. The van der Waals surface area contributed by atoms with Gasteiger partial charge in [-0.25, -0.2) is 0 Å². The van der Waals surface area contributed by atoms with E-state index in [9.17, 15) is 14.4 Å². The van der Waals surface area contributed by atoms with Gasteiger partial charge in [-0.2, -0.15) is 0 Å². The molecule has 0 radical (unpaired) electrons. The highest BCUT2D eigenvalue weighted by Gasteiger charge is 2.61. The van der Waals surface area contributed by atoms with Crippen LogP contribution in [0.3, 0.4) is 0 Å². The first-order valence-electron chi connectivity index (χ1n) is 12.8. The van der Waals surface area contributed by atoms with Crippen molar-refractivity contribution in [1.82, 2.24) is 10.9 Å². The molecule has 6 rings (SSSR count). The molecule has 2 amide bonds. The molecule has 2 N–H and O–H groups in total. The SMILES string of the molecule is COc1ccc(Cl)cc1C(=O)NNC(=O)COC(=O)C12CC3CC(C1)CC(c1ccc(C)c(C)c1)(C3)C2. The molecule has 0 saturated heterocycles. The molecule has 2 atom stereocenters. The highest BCUT2D eigenvalue weighted by Crippen LogP contribution is 2.66. The van der Waals surface area contributed by atoms with Crippen LogP contribution in [0, 0.1) is 31.1 Å². The predicted octanol–water partition coefficient (Wildman–Crippen LogP) is 4.81. The van der Waals surface area contributed by atoms with Gasteiger partial charge in [0.25, 0.3) is 11.8 Å². The third-order valence-electron chi connectivity index (χ3n) is 8.67. The summed E-state index contributed by atoms with van der Waals surface area (Å²) in [5.41, 5.74) is 8.14. The first-order chi connectivity index (χ1) is 17.6. The molecule has 4 aliphatic rings. The van der Waals surface area contributed by atoms with Crippen molar-refractivity contribution >= 4 is 29.4 Å². The second-order valence-corrected chi connectivity index (χ2v) is 11.7. The van der Waals surface area contributed by atoms with Crippen molar-refractivity contribution in [3.05, 3.63) is 63.7 Å². The zero-order chi connectivity index (χ0) is 26.4. The quantitative estimate of drug-likeness (QED) is 0.418. The zero-order valence-electron chi connectivity index (χ0n) is 21.5. The maximum Gasteiger partial charge on any atom is 0.312 e. The Kier molecular flexibility index (Phi) is 6.69. The van der Waals surface area contributed by atoms with E-state index in [-0.39, 0.29) is 16.9 Å². The number of ether oxygens (including phenoxy) is 2. The number of hydrogen-bond acceptors (Lipinski definition) is 5. The number of benzene rings is 2. The summed E-state index contributed by atoms with van der Waals surface area (Å²) in [7, 11) is 1.44. The molecule has 0 spiro atoms. The van der Waals surface area contributed by atoms with E-state index in [2.05, 4.69) is 42.9 Å². The van der Waals surface area contributed by atoms with Crippen LogP contribution in [0.2, 0.25) is 5.02 Å². The molecule has 0 heterocycles. The van der Waals surface area contributed by atoms with Crippen molar-refractivity contribution in [2.75, 3.05) is 13.7 Å². The first-order valence-corrected chi connectivity index (χ1v) is 13.2. The fourth-order valence-electron chi connectivity index (χ4n) is 7.28. The molecule has 0 aromatic heterocycles. The normalized spacial score (nSPS) is 27.5. The fourth-order valence-corrected chi connectivity index (χ4v) is 7.45. The molecule has 196 valence electrons. The number of nitrogens with one attached hydrogen (secondary N) is 2. The second-order valence-electron chi connectivity index (χ2n) is 11.2. The van der Waals surface area contributed by atoms with Crippen LogP contribution < -0.4 is 15.6 Å². The maximum absolute atomic E-state index is 13.5. The van der Waals surface area contributed by atoms with Crippen LogP contribution in [0.5, 0.6) is 5.75 Å². The summed E-state index contributed by atoms with van der Waals surface area (Å²) in [5, 5.41) is 0.361. The highest BCUT2D eigenvalue weighted by atomic mass is 35.5. The third-order valence-corrected chi connectivity index (χ3v) is 8.90. The number of carbonyl (C=O) groups is 3. The minimum Gasteiger partial charge on any atom is -0.496 e. The van der Waals surface area contributed by atoms with Gasteiger partial charge in [0.15, 0.2) is 6.61 Å².